The highest BCUT2D eigenvalue weighted by Gasteiger charge is 2.36. The van der Waals surface area contributed by atoms with Gasteiger partial charge in [-0.3, -0.25) is 4.79 Å². The van der Waals surface area contributed by atoms with Gasteiger partial charge in [0.25, 0.3) is 5.91 Å². The zero-order chi connectivity index (χ0) is 28.6. The van der Waals surface area contributed by atoms with E-state index < -0.39 is 60.5 Å². The number of pyridine rings is 1. The predicted octanol–water partition coefficient (Wildman–Crippen LogP) is 3.37. The quantitative estimate of drug-likeness (QED) is 0.316. The first-order chi connectivity index (χ1) is 18.5. The highest BCUT2D eigenvalue weighted by molar-refractivity contribution is 5.95. The van der Waals surface area contributed by atoms with E-state index in [9.17, 15) is 32.6 Å². The largest absolute Gasteiger partial charge is 0.503 e. The van der Waals surface area contributed by atoms with Crippen molar-refractivity contribution in [2.45, 2.75) is 56.9 Å². The lowest BCUT2D eigenvalue weighted by Crippen LogP contribution is -2.49. The third kappa shape index (κ3) is 9.02. The number of aliphatic hydroxyl groups excluding tert-OH is 1. The van der Waals surface area contributed by atoms with Gasteiger partial charge in [0, 0.05) is 31.2 Å². The first-order valence-electron chi connectivity index (χ1n) is 12.4. The van der Waals surface area contributed by atoms with E-state index in [0.29, 0.717) is 6.42 Å². The fourth-order valence-corrected chi connectivity index (χ4v) is 4.28. The number of aromatic hydroxyl groups is 1. The Hall–Kier alpha value is -3.00. The molecule has 0 aliphatic carbocycles. The summed E-state index contributed by atoms with van der Waals surface area (Å²) in [6.07, 6.45) is -7.24. The zero-order valence-corrected chi connectivity index (χ0v) is 21.5. The minimum atomic E-state index is -4.33. The Labute approximate surface area is 223 Å². The number of hydrogen-bond donors (Lipinski definition) is 3. The minimum absolute atomic E-state index is 0.0282. The number of aliphatic hydroxyl groups is 1. The van der Waals surface area contributed by atoms with E-state index >= 15 is 0 Å². The van der Waals surface area contributed by atoms with E-state index in [1.54, 1.807) is 19.1 Å². The van der Waals surface area contributed by atoms with Gasteiger partial charge in [-0.05, 0) is 37.5 Å². The van der Waals surface area contributed by atoms with Gasteiger partial charge in [0.05, 0.1) is 32.5 Å². The average Bonchev–Trinajstić information content (AvgIpc) is 2.92. The number of rotatable bonds is 9. The molecule has 216 valence electrons. The molecule has 39 heavy (non-hydrogen) atoms. The Balaban J connectivity index is 1.76. The van der Waals surface area contributed by atoms with E-state index in [4.69, 9.17) is 18.9 Å². The summed E-state index contributed by atoms with van der Waals surface area (Å²) >= 11 is 0. The number of amides is 1. The molecule has 13 heteroatoms. The van der Waals surface area contributed by atoms with Crippen molar-refractivity contribution >= 4 is 5.91 Å². The van der Waals surface area contributed by atoms with E-state index in [-0.39, 0.29) is 37.7 Å². The Kier molecular flexibility index (Phi) is 10.9. The summed E-state index contributed by atoms with van der Waals surface area (Å²) in [6.45, 7) is 1.21. The summed E-state index contributed by atoms with van der Waals surface area (Å²) in [6, 6.07) is 6.02. The Bertz CT molecular complexity index is 1070. The molecule has 2 aromatic rings. The SMILES string of the molecule is COc1ccnc(C(=O)N[C@H]2COC[C@H](Cc3ccc(F)cc3)[C@@H](OCCCC(F)(F)F)[C@H](C)OC2O)c1O. The molecule has 0 radical (unpaired) electrons. The molecule has 0 bridgehead atoms. The van der Waals surface area contributed by atoms with Crippen LogP contribution in [-0.4, -0.2) is 78.8 Å². The summed E-state index contributed by atoms with van der Waals surface area (Å²) in [5.41, 5.74) is 0.403. The molecular weight excluding hydrogens is 528 g/mol. The van der Waals surface area contributed by atoms with Crippen LogP contribution in [0.25, 0.3) is 0 Å². The van der Waals surface area contributed by atoms with E-state index in [2.05, 4.69) is 10.3 Å². The summed E-state index contributed by atoms with van der Waals surface area (Å²) < 4.78 is 73.7. The van der Waals surface area contributed by atoms with E-state index in [1.807, 2.05) is 0 Å². The van der Waals surface area contributed by atoms with E-state index in [1.165, 1.54) is 31.5 Å². The van der Waals surface area contributed by atoms with Crippen LogP contribution in [0.2, 0.25) is 0 Å². The third-order valence-electron chi connectivity index (χ3n) is 6.22. The van der Waals surface area contributed by atoms with Crippen LogP contribution in [-0.2, 0) is 20.6 Å². The lowest BCUT2D eigenvalue weighted by atomic mass is 9.91. The Morgan fingerprint density at radius 1 is 1.21 bits per heavy atom. The summed E-state index contributed by atoms with van der Waals surface area (Å²) in [4.78, 5) is 16.7. The Morgan fingerprint density at radius 3 is 2.59 bits per heavy atom. The van der Waals surface area contributed by atoms with Crippen molar-refractivity contribution in [2.24, 2.45) is 5.92 Å². The number of carbonyl (C=O) groups excluding carboxylic acids is 1. The van der Waals surface area contributed by atoms with Gasteiger partial charge in [-0.1, -0.05) is 12.1 Å². The third-order valence-corrected chi connectivity index (χ3v) is 6.22. The maximum Gasteiger partial charge on any atom is 0.389 e. The van der Waals surface area contributed by atoms with Crippen LogP contribution < -0.4 is 10.1 Å². The number of halogens is 4. The summed E-state index contributed by atoms with van der Waals surface area (Å²) in [5.74, 6) is -2.14. The highest BCUT2D eigenvalue weighted by Crippen LogP contribution is 2.28. The van der Waals surface area contributed by atoms with E-state index in [0.717, 1.165) is 5.56 Å². The molecule has 5 atom stereocenters. The van der Waals surface area contributed by atoms with Crippen molar-refractivity contribution < 1.29 is 51.5 Å². The van der Waals surface area contributed by atoms with Crippen LogP contribution in [0.3, 0.4) is 0 Å². The van der Waals surface area contributed by atoms with Gasteiger partial charge in [0.1, 0.15) is 11.9 Å². The second kappa shape index (κ2) is 13.9. The second-order valence-electron chi connectivity index (χ2n) is 9.20. The molecule has 1 unspecified atom stereocenters. The van der Waals surface area contributed by atoms with Gasteiger partial charge >= 0.3 is 6.18 Å². The maximum atomic E-state index is 13.4. The number of methoxy groups -OCH3 is 1. The number of nitrogens with zero attached hydrogens (tertiary/aromatic N) is 1. The lowest BCUT2D eigenvalue weighted by molar-refractivity contribution is -0.186. The number of alkyl halides is 3. The molecule has 1 amide bonds. The molecule has 1 aliphatic rings. The van der Waals surface area contributed by atoms with Crippen LogP contribution in [0.5, 0.6) is 11.5 Å². The lowest BCUT2D eigenvalue weighted by Gasteiger charge is -2.32. The number of aromatic nitrogens is 1. The Morgan fingerprint density at radius 2 is 1.92 bits per heavy atom. The minimum Gasteiger partial charge on any atom is -0.503 e. The summed E-state index contributed by atoms with van der Waals surface area (Å²) in [7, 11) is 1.31. The van der Waals surface area contributed by atoms with Gasteiger partial charge in [-0.2, -0.15) is 13.2 Å². The van der Waals surface area contributed by atoms with Gasteiger partial charge in [-0.15, -0.1) is 0 Å². The topological polar surface area (TPSA) is 119 Å². The van der Waals surface area contributed by atoms with Gasteiger partial charge in [0.2, 0.25) is 0 Å². The molecule has 3 N–H and O–H groups in total. The molecule has 2 heterocycles. The molecule has 9 nitrogen and oxygen atoms in total. The number of ether oxygens (including phenoxy) is 4. The van der Waals surface area contributed by atoms with Crippen LogP contribution in [0, 0.1) is 11.7 Å². The van der Waals surface area contributed by atoms with Gasteiger partial charge in [-0.25, -0.2) is 9.37 Å². The van der Waals surface area contributed by atoms with Gasteiger partial charge in [0.15, 0.2) is 23.5 Å². The van der Waals surface area contributed by atoms with Crippen LogP contribution in [0.15, 0.2) is 36.5 Å². The number of nitrogens with one attached hydrogen (secondary N) is 1. The molecule has 0 spiro atoms. The normalized spacial score (nSPS) is 24.3. The van der Waals surface area contributed by atoms with Crippen molar-refractivity contribution in [3.63, 3.8) is 0 Å². The van der Waals surface area contributed by atoms with Crippen LogP contribution >= 0.6 is 0 Å². The highest BCUT2D eigenvalue weighted by atomic mass is 19.4. The first-order valence-corrected chi connectivity index (χ1v) is 12.4. The monoisotopic (exact) mass is 560 g/mol. The van der Waals surface area contributed by atoms with Crippen molar-refractivity contribution in [3.05, 3.63) is 53.6 Å². The average molecular weight is 561 g/mol. The molecule has 0 saturated carbocycles. The first kappa shape index (κ1) is 30.5. The van der Waals surface area contributed by atoms with Gasteiger partial charge < -0.3 is 34.5 Å². The number of hydrogen-bond acceptors (Lipinski definition) is 8. The number of benzene rings is 1. The smallest absolute Gasteiger partial charge is 0.389 e. The molecule has 1 aliphatic heterocycles. The van der Waals surface area contributed by atoms with Crippen molar-refractivity contribution in [1.82, 2.24) is 10.3 Å². The van der Waals surface area contributed by atoms with Crippen molar-refractivity contribution in [2.75, 3.05) is 26.9 Å². The standard InChI is InChI=1S/C26H32F4N2O7/c1-15-23(38-11-3-9-26(28,29)30)17(12-16-4-6-18(27)7-5-16)13-37-14-19(25(35)39-15)32-24(34)21-22(33)20(36-2)8-10-31-21/h4-8,10,15,17,19,23,25,33,35H,3,9,11-14H2,1-2H3,(H,32,34)/t15-,17-,19-,23-,25?/m0/s1. The molecule has 1 aromatic heterocycles. The second-order valence-corrected chi connectivity index (χ2v) is 9.20. The zero-order valence-electron chi connectivity index (χ0n) is 21.5. The fourth-order valence-electron chi connectivity index (χ4n) is 4.28. The maximum absolute atomic E-state index is 13.4. The molecule has 1 aromatic carbocycles. The van der Waals surface area contributed by atoms with Crippen molar-refractivity contribution in [3.8, 4) is 11.5 Å². The molecule has 1 saturated heterocycles. The number of carbonyl (C=O) groups is 1. The molecular formula is C26H32F4N2O7. The fraction of sp³-hybridized carbons (Fsp3) is 0.538. The molecule has 3 rings (SSSR count). The molecule has 1 fully saturated rings. The summed E-state index contributed by atoms with van der Waals surface area (Å²) in [5, 5.41) is 23.5. The predicted molar refractivity (Wildman–Crippen MR) is 130 cm³/mol. The van der Waals surface area contributed by atoms with Crippen molar-refractivity contribution in [1.29, 1.82) is 0 Å². The van der Waals surface area contributed by atoms with Crippen LogP contribution in [0.1, 0.15) is 35.8 Å². The van der Waals surface area contributed by atoms with Crippen LogP contribution in [0.4, 0.5) is 17.6 Å².